The van der Waals surface area contributed by atoms with Crippen LogP contribution in [-0.4, -0.2) is 12.1 Å². The monoisotopic (exact) mass is 310 g/mol. The van der Waals surface area contributed by atoms with Gasteiger partial charge in [0.05, 0.1) is 17.7 Å². The third-order valence-electron chi connectivity index (χ3n) is 3.51. The molecule has 0 saturated carbocycles. The Bertz CT molecular complexity index is 559. The number of hydrogen-bond acceptors (Lipinski definition) is 4. The van der Waals surface area contributed by atoms with Gasteiger partial charge in [0.2, 0.25) is 0 Å². The van der Waals surface area contributed by atoms with Gasteiger partial charge in [0.15, 0.2) is 0 Å². The van der Waals surface area contributed by atoms with Crippen LogP contribution < -0.4 is 10.1 Å². The van der Waals surface area contributed by atoms with Gasteiger partial charge in [-0.1, -0.05) is 24.6 Å². The molecule has 1 aromatic carbocycles. The van der Waals surface area contributed by atoms with Crippen LogP contribution in [0.4, 0.5) is 0 Å². The minimum atomic E-state index is -0.111. The standard InChI is InChI=1S/C15H19ClN2OS/c1-4-15(2,14-17-7-8-20-14)18-10-11-5-6-13(19-3)12(16)9-11/h5-9,18H,4,10H2,1-3H3. The molecule has 1 unspecified atom stereocenters. The van der Waals surface area contributed by atoms with Crippen molar-refractivity contribution in [2.24, 2.45) is 0 Å². The summed E-state index contributed by atoms with van der Waals surface area (Å²) >= 11 is 7.83. The van der Waals surface area contributed by atoms with Crippen LogP contribution in [0.15, 0.2) is 29.8 Å². The van der Waals surface area contributed by atoms with E-state index in [2.05, 4.69) is 24.1 Å². The first-order valence-corrected chi connectivity index (χ1v) is 7.82. The Labute approximate surface area is 129 Å². The molecule has 0 aliphatic heterocycles. The summed E-state index contributed by atoms with van der Waals surface area (Å²) < 4.78 is 5.16. The molecule has 5 heteroatoms. The highest BCUT2D eigenvalue weighted by Gasteiger charge is 2.26. The molecule has 0 aliphatic rings. The van der Waals surface area contributed by atoms with Gasteiger partial charge in [0.1, 0.15) is 10.8 Å². The molecule has 0 fully saturated rings. The van der Waals surface area contributed by atoms with E-state index in [0.717, 1.165) is 23.5 Å². The number of rotatable bonds is 6. The third-order valence-corrected chi connectivity index (χ3v) is 4.84. The van der Waals surface area contributed by atoms with Crippen molar-refractivity contribution in [3.05, 3.63) is 45.4 Å². The van der Waals surface area contributed by atoms with E-state index >= 15 is 0 Å². The van der Waals surface area contributed by atoms with Gasteiger partial charge in [-0.05, 0) is 31.0 Å². The number of hydrogen-bond donors (Lipinski definition) is 1. The molecule has 1 aromatic heterocycles. The fourth-order valence-corrected chi connectivity index (χ4v) is 3.09. The molecule has 2 aromatic rings. The number of aromatic nitrogens is 1. The second-order valence-electron chi connectivity index (χ2n) is 4.85. The second-order valence-corrected chi connectivity index (χ2v) is 6.15. The summed E-state index contributed by atoms with van der Waals surface area (Å²) in [5.41, 5.74) is 1.02. The highest BCUT2D eigenvalue weighted by atomic mass is 35.5. The predicted molar refractivity (Wildman–Crippen MR) is 84.6 cm³/mol. The van der Waals surface area contributed by atoms with Crippen molar-refractivity contribution in [3.63, 3.8) is 0 Å². The van der Waals surface area contributed by atoms with Crippen molar-refractivity contribution in [1.29, 1.82) is 0 Å². The number of thiazole rings is 1. The van der Waals surface area contributed by atoms with E-state index < -0.39 is 0 Å². The van der Waals surface area contributed by atoms with Gasteiger partial charge in [-0.3, -0.25) is 0 Å². The minimum Gasteiger partial charge on any atom is -0.495 e. The van der Waals surface area contributed by atoms with E-state index in [0.29, 0.717) is 10.8 Å². The lowest BCUT2D eigenvalue weighted by Crippen LogP contribution is -2.38. The van der Waals surface area contributed by atoms with Gasteiger partial charge in [0, 0.05) is 18.1 Å². The van der Waals surface area contributed by atoms with Gasteiger partial charge in [-0.25, -0.2) is 4.98 Å². The van der Waals surface area contributed by atoms with Gasteiger partial charge >= 0.3 is 0 Å². The fourth-order valence-electron chi connectivity index (χ4n) is 1.96. The van der Waals surface area contributed by atoms with Crippen LogP contribution in [0.25, 0.3) is 0 Å². The minimum absolute atomic E-state index is 0.111. The lowest BCUT2D eigenvalue weighted by atomic mass is 9.99. The third kappa shape index (κ3) is 3.32. The summed E-state index contributed by atoms with van der Waals surface area (Å²) in [5, 5.41) is 7.34. The molecule has 3 nitrogen and oxygen atoms in total. The molecule has 20 heavy (non-hydrogen) atoms. The summed E-state index contributed by atoms with van der Waals surface area (Å²) in [7, 11) is 1.62. The summed E-state index contributed by atoms with van der Waals surface area (Å²) in [6.07, 6.45) is 2.82. The Hall–Kier alpha value is -1.10. The maximum absolute atomic E-state index is 6.15. The van der Waals surface area contributed by atoms with Crippen molar-refractivity contribution < 1.29 is 4.74 Å². The number of benzene rings is 1. The SMILES string of the molecule is CCC(C)(NCc1ccc(OC)c(Cl)c1)c1nccs1. The van der Waals surface area contributed by atoms with Crippen LogP contribution >= 0.6 is 22.9 Å². The fraction of sp³-hybridized carbons (Fsp3) is 0.400. The zero-order valence-corrected chi connectivity index (χ0v) is 13.5. The first-order chi connectivity index (χ1) is 9.59. The number of nitrogens with one attached hydrogen (secondary N) is 1. The molecule has 0 radical (unpaired) electrons. The average Bonchev–Trinajstić information content (AvgIpc) is 3.00. The maximum Gasteiger partial charge on any atom is 0.137 e. The summed E-state index contributed by atoms with van der Waals surface area (Å²) in [6.45, 7) is 5.08. The summed E-state index contributed by atoms with van der Waals surface area (Å²) in [6, 6.07) is 5.85. The number of nitrogens with zero attached hydrogens (tertiary/aromatic N) is 1. The smallest absolute Gasteiger partial charge is 0.137 e. The van der Waals surface area contributed by atoms with Crippen molar-refractivity contribution in [2.45, 2.75) is 32.4 Å². The van der Waals surface area contributed by atoms with E-state index in [9.17, 15) is 0 Å². The van der Waals surface area contributed by atoms with E-state index in [4.69, 9.17) is 16.3 Å². The second kappa shape index (κ2) is 6.57. The predicted octanol–water partition coefficient (Wildman–Crippen LogP) is 4.22. The van der Waals surface area contributed by atoms with E-state index in [1.165, 1.54) is 0 Å². The molecular formula is C15H19ClN2OS. The van der Waals surface area contributed by atoms with Crippen molar-refractivity contribution >= 4 is 22.9 Å². The Morgan fingerprint density at radius 2 is 2.25 bits per heavy atom. The molecule has 0 aliphatic carbocycles. The van der Waals surface area contributed by atoms with Crippen molar-refractivity contribution in [3.8, 4) is 5.75 Å². The number of ether oxygens (including phenoxy) is 1. The van der Waals surface area contributed by atoms with Crippen LogP contribution in [0.5, 0.6) is 5.75 Å². The highest BCUT2D eigenvalue weighted by molar-refractivity contribution is 7.09. The molecule has 0 spiro atoms. The summed E-state index contributed by atoms with van der Waals surface area (Å²) in [5.74, 6) is 0.702. The zero-order chi connectivity index (χ0) is 14.6. The largest absolute Gasteiger partial charge is 0.495 e. The van der Waals surface area contributed by atoms with Gasteiger partial charge < -0.3 is 10.1 Å². The van der Waals surface area contributed by atoms with Gasteiger partial charge in [-0.15, -0.1) is 11.3 Å². The number of halogens is 1. The quantitative estimate of drug-likeness (QED) is 0.867. The van der Waals surface area contributed by atoms with E-state index in [1.54, 1.807) is 18.4 Å². The normalized spacial score (nSPS) is 14.0. The molecule has 0 amide bonds. The first-order valence-electron chi connectivity index (χ1n) is 6.56. The molecule has 1 N–H and O–H groups in total. The lowest BCUT2D eigenvalue weighted by Gasteiger charge is -2.27. The highest BCUT2D eigenvalue weighted by Crippen LogP contribution is 2.28. The van der Waals surface area contributed by atoms with E-state index in [1.807, 2.05) is 29.8 Å². The Kier molecular flexibility index (Phi) is 5.02. The topological polar surface area (TPSA) is 34.1 Å². The molecule has 0 saturated heterocycles. The van der Waals surface area contributed by atoms with Gasteiger partial charge in [-0.2, -0.15) is 0 Å². The molecule has 2 rings (SSSR count). The lowest BCUT2D eigenvalue weighted by molar-refractivity contribution is 0.349. The Morgan fingerprint density at radius 1 is 1.45 bits per heavy atom. The average molecular weight is 311 g/mol. The molecule has 0 bridgehead atoms. The van der Waals surface area contributed by atoms with Crippen molar-refractivity contribution in [1.82, 2.24) is 10.3 Å². The zero-order valence-electron chi connectivity index (χ0n) is 11.9. The first kappa shape index (κ1) is 15.3. The molecular weight excluding hydrogens is 292 g/mol. The van der Waals surface area contributed by atoms with Crippen LogP contribution in [-0.2, 0) is 12.1 Å². The molecule has 1 atom stereocenters. The molecule has 1 heterocycles. The van der Waals surface area contributed by atoms with Crippen LogP contribution in [0.3, 0.4) is 0 Å². The summed E-state index contributed by atoms with van der Waals surface area (Å²) in [4.78, 5) is 4.43. The Balaban J connectivity index is 2.09. The maximum atomic E-state index is 6.15. The Morgan fingerprint density at radius 3 is 2.80 bits per heavy atom. The van der Waals surface area contributed by atoms with Crippen molar-refractivity contribution in [2.75, 3.05) is 7.11 Å². The van der Waals surface area contributed by atoms with Crippen LogP contribution in [0.2, 0.25) is 5.02 Å². The van der Waals surface area contributed by atoms with Crippen LogP contribution in [0.1, 0.15) is 30.8 Å². The van der Waals surface area contributed by atoms with E-state index in [-0.39, 0.29) is 5.54 Å². The number of methoxy groups -OCH3 is 1. The van der Waals surface area contributed by atoms with Crippen LogP contribution in [0, 0.1) is 0 Å². The van der Waals surface area contributed by atoms with Gasteiger partial charge in [0.25, 0.3) is 0 Å². The molecule has 108 valence electrons.